The van der Waals surface area contributed by atoms with E-state index >= 15 is 0 Å². The molecular weight excluding hydrogens is 644 g/mol. The van der Waals surface area contributed by atoms with Crippen LogP contribution in [0.4, 0.5) is 5.69 Å². The summed E-state index contributed by atoms with van der Waals surface area (Å²) in [4.78, 5) is 52.7. The quantitative estimate of drug-likeness (QED) is 0.0786. The zero-order chi connectivity index (χ0) is 38.2. The molecule has 5 N–H and O–H groups in total. The molecule has 10 nitrogen and oxygen atoms in total. The molecule has 0 unspecified atom stereocenters. The highest BCUT2D eigenvalue weighted by Crippen LogP contribution is 2.40. The summed E-state index contributed by atoms with van der Waals surface area (Å²) in [5, 5.41) is 8.89. The number of carbonyl (C=O) groups excluding carboxylic acids is 4. The van der Waals surface area contributed by atoms with Crippen LogP contribution in [-0.4, -0.2) is 54.5 Å². The molecule has 0 aliphatic rings. The first-order chi connectivity index (χ1) is 23.8. The van der Waals surface area contributed by atoms with Gasteiger partial charge in [0.15, 0.2) is 0 Å². The number of rotatable bonds is 22. The number of benzene rings is 2. The van der Waals surface area contributed by atoms with Gasteiger partial charge in [-0.3, -0.25) is 19.2 Å². The Kier molecular flexibility index (Phi) is 17.3. The maximum absolute atomic E-state index is 14.0. The van der Waals surface area contributed by atoms with E-state index in [0.29, 0.717) is 50.4 Å². The Morgan fingerprint density at radius 3 is 2.00 bits per heavy atom. The lowest BCUT2D eigenvalue weighted by Gasteiger charge is -2.40. The number of hydrogen-bond acceptors (Lipinski definition) is 7. The van der Waals surface area contributed by atoms with Gasteiger partial charge in [-0.2, -0.15) is 0 Å². The minimum absolute atomic E-state index is 0.132. The van der Waals surface area contributed by atoms with E-state index in [0.717, 1.165) is 24.0 Å². The monoisotopic (exact) mass is 708 g/mol. The van der Waals surface area contributed by atoms with Crippen LogP contribution in [0.25, 0.3) is 0 Å². The highest BCUT2D eigenvalue weighted by Gasteiger charge is 2.39. The number of esters is 1. The van der Waals surface area contributed by atoms with Crippen LogP contribution in [0.3, 0.4) is 0 Å². The lowest BCUT2D eigenvalue weighted by atomic mass is 9.70. The summed E-state index contributed by atoms with van der Waals surface area (Å²) in [5.41, 5.74) is 6.59. The molecule has 2 aromatic carbocycles. The van der Waals surface area contributed by atoms with Crippen molar-refractivity contribution in [2.45, 2.75) is 132 Å². The van der Waals surface area contributed by atoms with Crippen LogP contribution in [0.2, 0.25) is 0 Å². The molecule has 51 heavy (non-hydrogen) atoms. The Hall–Kier alpha value is -3.76. The van der Waals surface area contributed by atoms with Gasteiger partial charge in [0, 0.05) is 31.1 Å². The first kappa shape index (κ1) is 43.4. The van der Waals surface area contributed by atoms with Gasteiger partial charge in [-0.1, -0.05) is 84.0 Å². The molecule has 10 heteroatoms. The molecule has 3 amide bonds. The van der Waals surface area contributed by atoms with Crippen LogP contribution in [0, 0.1) is 16.7 Å². The smallest absolute Gasteiger partial charge is 0.302 e. The summed E-state index contributed by atoms with van der Waals surface area (Å²) in [6, 6.07) is 14.6. The van der Waals surface area contributed by atoms with Gasteiger partial charge < -0.3 is 31.2 Å². The molecule has 0 radical (unpaired) electrons. The molecule has 0 saturated carbocycles. The molecule has 2 rings (SSSR count). The number of nitrogens with two attached hydrogens (primary N) is 1. The summed E-state index contributed by atoms with van der Waals surface area (Å²) in [5.74, 6) is -0.860. The van der Waals surface area contributed by atoms with Gasteiger partial charge >= 0.3 is 5.97 Å². The molecule has 0 bridgehead atoms. The van der Waals surface area contributed by atoms with Crippen molar-refractivity contribution in [1.82, 2.24) is 10.6 Å². The molecule has 0 aliphatic heterocycles. The summed E-state index contributed by atoms with van der Waals surface area (Å²) in [6.07, 6.45) is 4.31. The molecule has 0 heterocycles. The van der Waals surface area contributed by atoms with Gasteiger partial charge in [0.1, 0.15) is 18.7 Å². The van der Waals surface area contributed by atoms with Crippen LogP contribution in [0.1, 0.15) is 112 Å². The first-order valence-corrected chi connectivity index (χ1v) is 18.3. The van der Waals surface area contributed by atoms with Gasteiger partial charge in [-0.25, -0.2) is 0 Å². The minimum atomic E-state index is -0.917. The Balaban J connectivity index is 2.21. The van der Waals surface area contributed by atoms with Crippen molar-refractivity contribution in [3.05, 3.63) is 65.7 Å². The standard InChI is InChI=1S/C41H64N4O6/c1-29(2)22-24-51-41(8,9)28-39(4,5)27-40(6,7)38(49)45-34(17-13-14-23-42)36(47)44-35(25-31-15-11-10-12-16-31)37(48)43-33-20-18-32(19-21-33)26-50-30(3)46/h10-12,15-16,18-21,29,34-35H,13-14,17,22-28,42H2,1-9H3,(H,43,48)(H,44,47)(H,45,49)/t34-,35-/m0/s1. The third-order valence-corrected chi connectivity index (χ3v) is 8.78. The molecule has 0 spiro atoms. The molecule has 0 fully saturated rings. The molecule has 2 aromatic rings. The topological polar surface area (TPSA) is 149 Å². The van der Waals surface area contributed by atoms with Crippen molar-refractivity contribution in [1.29, 1.82) is 0 Å². The number of unbranched alkanes of at least 4 members (excludes halogenated alkanes) is 1. The maximum atomic E-state index is 14.0. The summed E-state index contributed by atoms with van der Waals surface area (Å²) in [6.45, 7) is 19.3. The van der Waals surface area contributed by atoms with E-state index in [1.165, 1.54) is 6.92 Å². The third-order valence-electron chi connectivity index (χ3n) is 8.78. The predicted octanol–water partition coefficient (Wildman–Crippen LogP) is 6.70. The second kappa shape index (κ2) is 20.3. The highest BCUT2D eigenvalue weighted by molar-refractivity contribution is 5.98. The van der Waals surface area contributed by atoms with Crippen molar-refractivity contribution in [2.75, 3.05) is 18.5 Å². The summed E-state index contributed by atoms with van der Waals surface area (Å²) < 4.78 is 11.3. The fourth-order valence-electron chi connectivity index (χ4n) is 6.66. The average molecular weight is 709 g/mol. The second-order valence-electron chi connectivity index (χ2n) is 16.2. The van der Waals surface area contributed by atoms with Gasteiger partial charge in [0.25, 0.3) is 0 Å². The van der Waals surface area contributed by atoms with Crippen LogP contribution in [-0.2, 0) is 41.7 Å². The Labute approximate surface area is 306 Å². The zero-order valence-corrected chi connectivity index (χ0v) is 32.5. The van der Waals surface area contributed by atoms with E-state index in [-0.39, 0.29) is 35.9 Å². The minimum Gasteiger partial charge on any atom is -0.461 e. The van der Waals surface area contributed by atoms with Crippen LogP contribution in [0.15, 0.2) is 54.6 Å². The van der Waals surface area contributed by atoms with Gasteiger partial charge in [-0.15, -0.1) is 0 Å². The zero-order valence-electron chi connectivity index (χ0n) is 32.5. The van der Waals surface area contributed by atoms with Crippen molar-refractivity contribution in [2.24, 2.45) is 22.5 Å². The Morgan fingerprint density at radius 1 is 0.765 bits per heavy atom. The molecule has 0 aromatic heterocycles. The summed E-state index contributed by atoms with van der Waals surface area (Å²) >= 11 is 0. The van der Waals surface area contributed by atoms with Gasteiger partial charge in [0.05, 0.1) is 5.60 Å². The second-order valence-corrected chi connectivity index (χ2v) is 16.2. The van der Waals surface area contributed by atoms with Crippen LogP contribution < -0.4 is 21.7 Å². The van der Waals surface area contributed by atoms with E-state index in [1.54, 1.807) is 24.3 Å². The molecule has 284 valence electrons. The number of anilines is 1. The van der Waals surface area contributed by atoms with E-state index in [4.69, 9.17) is 15.2 Å². The number of ether oxygens (including phenoxy) is 2. The predicted molar refractivity (Wildman–Crippen MR) is 204 cm³/mol. The molecule has 2 atom stereocenters. The lowest BCUT2D eigenvalue weighted by molar-refractivity contribution is -0.142. The number of amides is 3. The molecule has 0 aliphatic carbocycles. The summed E-state index contributed by atoms with van der Waals surface area (Å²) in [7, 11) is 0. The molecule has 0 saturated heterocycles. The SMILES string of the molecule is CC(=O)OCc1ccc(NC(=O)[C@H](Cc2ccccc2)NC(=O)[C@H](CCCCN)NC(=O)C(C)(C)CC(C)(C)CC(C)(C)OCCC(C)C)cc1. The van der Waals surface area contributed by atoms with Crippen molar-refractivity contribution < 1.29 is 28.7 Å². The Morgan fingerprint density at radius 2 is 1.41 bits per heavy atom. The van der Waals surface area contributed by atoms with E-state index in [2.05, 4.69) is 57.5 Å². The van der Waals surface area contributed by atoms with Gasteiger partial charge in [0.2, 0.25) is 17.7 Å². The fourth-order valence-corrected chi connectivity index (χ4v) is 6.66. The van der Waals surface area contributed by atoms with Crippen molar-refractivity contribution >= 4 is 29.4 Å². The fraction of sp³-hybridized carbons (Fsp3) is 0.610. The van der Waals surface area contributed by atoms with E-state index < -0.39 is 29.3 Å². The number of carbonyl (C=O) groups is 4. The van der Waals surface area contributed by atoms with Crippen molar-refractivity contribution in [3.63, 3.8) is 0 Å². The highest BCUT2D eigenvalue weighted by atomic mass is 16.5. The average Bonchev–Trinajstić information content (AvgIpc) is 3.02. The van der Waals surface area contributed by atoms with Gasteiger partial charge in [-0.05, 0) is 93.5 Å². The van der Waals surface area contributed by atoms with Crippen molar-refractivity contribution in [3.8, 4) is 0 Å². The van der Waals surface area contributed by atoms with Crippen LogP contribution >= 0.6 is 0 Å². The number of hydrogen-bond donors (Lipinski definition) is 4. The molecular formula is C41H64N4O6. The largest absolute Gasteiger partial charge is 0.461 e. The van der Waals surface area contributed by atoms with E-state index in [1.807, 2.05) is 44.2 Å². The number of nitrogens with one attached hydrogen (secondary N) is 3. The Bertz CT molecular complexity index is 1390. The first-order valence-electron chi connectivity index (χ1n) is 18.3. The van der Waals surface area contributed by atoms with E-state index in [9.17, 15) is 19.2 Å². The maximum Gasteiger partial charge on any atom is 0.302 e. The third kappa shape index (κ3) is 16.9. The normalized spacial score (nSPS) is 13.3. The van der Waals surface area contributed by atoms with Crippen LogP contribution in [0.5, 0.6) is 0 Å². The lowest BCUT2D eigenvalue weighted by Crippen LogP contribution is -2.55.